The number of rotatable bonds is 8. The smallest absolute Gasteiger partial charge is 0.267 e. The van der Waals surface area contributed by atoms with Gasteiger partial charge in [-0.2, -0.15) is 0 Å². The molecule has 0 unspecified atom stereocenters. The molecule has 3 aromatic heterocycles. The number of carbonyl (C=O) groups is 1. The topological polar surface area (TPSA) is 92.2 Å². The van der Waals surface area contributed by atoms with Crippen molar-refractivity contribution >= 4 is 22.6 Å². The van der Waals surface area contributed by atoms with E-state index >= 15 is 0 Å². The summed E-state index contributed by atoms with van der Waals surface area (Å²) in [4.78, 5) is 30.3. The van der Waals surface area contributed by atoms with Crippen LogP contribution in [0.4, 0.5) is 0 Å². The van der Waals surface area contributed by atoms with Crippen molar-refractivity contribution in [3.05, 3.63) is 51.9 Å². The van der Waals surface area contributed by atoms with E-state index in [0.29, 0.717) is 29.8 Å². The van der Waals surface area contributed by atoms with Crippen LogP contribution in [-0.4, -0.2) is 26.4 Å². The lowest BCUT2D eigenvalue weighted by atomic mass is 10.1. The number of aryl methyl sites for hydroxylation is 1. The Kier molecular flexibility index (Phi) is 6.23. The van der Waals surface area contributed by atoms with Gasteiger partial charge < -0.3 is 9.88 Å². The minimum absolute atomic E-state index is 0.102. The van der Waals surface area contributed by atoms with E-state index in [9.17, 15) is 9.59 Å². The number of unbranched alkanes of at least 4 members (excludes halogenated alkanes) is 3. The normalized spacial score (nSPS) is 11.2. The zero-order valence-electron chi connectivity index (χ0n) is 16.5. The maximum absolute atomic E-state index is 13.0. The minimum atomic E-state index is -0.317. The molecular weight excluding hydrogens is 354 g/mol. The largest absolute Gasteiger partial charge is 0.352 e. The van der Waals surface area contributed by atoms with E-state index in [1.54, 1.807) is 22.9 Å². The summed E-state index contributed by atoms with van der Waals surface area (Å²) in [5.41, 5.74) is 1.08. The lowest BCUT2D eigenvalue weighted by molar-refractivity contribution is 0.0950. The number of nitrogens with zero attached hydrogens (tertiary/aromatic N) is 3. The van der Waals surface area contributed by atoms with Crippen molar-refractivity contribution in [2.24, 2.45) is 0 Å². The third-order valence-corrected chi connectivity index (χ3v) is 4.86. The van der Waals surface area contributed by atoms with E-state index in [1.165, 1.54) is 10.5 Å². The summed E-state index contributed by atoms with van der Waals surface area (Å²) in [5, 5.41) is 11.8. The molecule has 148 valence electrons. The SMILES string of the molecule is CCCCCn1c(=N)c(C(=O)NCCCC)cc2c(=O)n3ccccc3nc21. The molecule has 2 N–H and O–H groups in total. The van der Waals surface area contributed by atoms with Crippen LogP contribution >= 0.6 is 0 Å². The Morgan fingerprint density at radius 1 is 1.18 bits per heavy atom. The first-order valence-electron chi connectivity index (χ1n) is 9.96. The lowest BCUT2D eigenvalue weighted by Gasteiger charge is -2.14. The Bertz CT molecular complexity index is 1110. The van der Waals surface area contributed by atoms with E-state index in [2.05, 4.69) is 24.1 Å². The monoisotopic (exact) mass is 381 g/mol. The first-order valence-corrected chi connectivity index (χ1v) is 9.96. The highest BCUT2D eigenvalue weighted by atomic mass is 16.1. The summed E-state index contributed by atoms with van der Waals surface area (Å²) in [5.74, 6) is -0.317. The molecule has 28 heavy (non-hydrogen) atoms. The van der Waals surface area contributed by atoms with Crippen molar-refractivity contribution < 1.29 is 4.79 Å². The van der Waals surface area contributed by atoms with Crippen molar-refractivity contribution in [2.45, 2.75) is 52.5 Å². The molecule has 0 spiro atoms. The van der Waals surface area contributed by atoms with Gasteiger partial charge in [0, 0.05) is 19.3 Å². The molecular formula is C21H27N5O2. The predicted octanol–water partition coefficient (Wildman–Crippen LogP) is 2.85. The van der Waals surface area contributed by atoms with Gasteiger partial charge in [-0.1, -0.05) is 39.2 Å². The fraction of sp³-hybridized carbons (Fsp3) is 0.429. The number of nitrogens with one attached hydrogen (secondary N) is 2. The number of hydrogen-bond donors (Lipinski definition) is 2. The quantitative estimate of drug-likeness (QED) is 0.464. The predicted molar refractivity (Wildman–Crippen MR) is 110 cm³/mol. The third kappa shape index (κ3) is 3.83. The highest BCUT2D eigenvalue weighted by Crippen LogP contribution is 2.11. The van der Waals surface area contributed by atoms with Gasteiger partial charge in [-0.05, 0) is 31.0 Å². The standard InChI is InChI=1S/C21H27N5O2/c1-3-5-8-13-26-18(22)15(20(27)23-11-6-4-2)14-16-19(26)24-17-10-7-9-12-25(17)21(16)28/h7,9-10,12,14,22H,3-6,8,11,13H2,1-2H3,(H,23,27). The highest BCUT2D eigenvalue weighted by Gasteiger charge is 2.17. The fourth-order valence-corrected chi connectivity index (χ4v) is 3.27. The molecule has 1 amide bonds. The summed E-state index contributed by atoms with van der Waals surface area (Å²) in [6.45, 7) is 5.27. The van der Waals surface area contributed by atoms with Gasteiger partial charge >= 0.3 is 0 Å². The second kappa shape index (κ2) is 8.82. The van der Waals surface area contributed by atoms with Gasteiger partial charge in [0.25, 0.3) is 11.5 Å². The molecule has 0 aliphatic rings. The third-order valence-electron chi connectivity index (χ3n) is 4.86. The number of fused-ring (bicyclic) bond motifs is 2. The molecule has 3 rings (SSSR count). The summed E-state index contributed by atoms with van der Waals surface area (Å²) in [6, 6.07) is 6.89. The van der Waals surface area contributed by atoms with Crippen molar-refractivity contribution in [3.8, 4) is 0 Å². The molecule has 3 heterocycles. The maximum Gasteiger partial charge on any atom is 0.267 e. The van der Waals surface area contributed by atoms with E-state index in [4.69, 9.17) is 5.41 Å². The van der Waals surface area contributed by atoms with Crippen molar-refractivity contribution in [1.29, 1.82) is 5.41 Å². The second-order valence-corrected chi connectivity index (χ2v) is 6.96. The molecule has 0 radical (unpaired) electrons. The summed E-state index contributed by atoms with van der Waals surface area (Å²) in [7, 11) is 0. The van der Waals surface area contributed by atoms with Crippen LogP contribution in [0.5, 0.6) is 0 Å². The maximum atomic E-state index is 13.0. The molecule has 0 fully saturated rings. The van der Waals surface area contributed by atoms with Gasteiger partial charge in [0.2, 0.25) is 0 Å². The summed E-state index contributed by atoms with van der Waals surface area (Å²) < 4.78 is 3.18. The lowest BCUT2D eigenvalue weighted by Crippen LogP contribution is -2.35. The van der Waals surface area contributed by atoms with Gasteiger partial charge in [0.05, 0.1) is 10.9 Å². The number of amides is 1. The molecule has 0 saturated carbocycles. The van der Waals surface area contributed by atoms with Crippen LogP contribution < -0.4 is 16.4 Å². The summed E-state index contributed by atoms with van der Waals surface area (Å²) in [6.07, 6.45) is 6.42. The average Bonchev–Trinajstić information content (AvgIpc) is 2.70. The van der Waals surface area contributed by atoms with Gasteiger partial charge in [0.1, 0.15) is 16.8 Å². The zero-order chi connectivity index (χ0) is 20.1. The highest BCUT2D eigenvalue weighted by molar-refractivity contribution is 5.96. The van der Waals surface area contributed by atoms with Crippen molar-refractivity contribution in [1.82, 2.24) is 19.3 Å². The first kappa shape index (κ1) is 19.8. The molecule has 7 nitrogen and oxygen atoms in total. The van der Waals surface area contributed by atoms with Crippen molar-refractivity contribution in [2.75, 3.05) is 6.54 Å². The molecule has 0 saturated heterocycles. The van der Waals surface area contributed by atoms with Crippen LogP contribution in [0.25, 0.3) is 16.7 Å². The molecule has 0 aromatic carbocycles. The van der Waals surface area contributed by atoms with Crippen LogP contribution in [-0.2, 0) is 6.54 Å². The van der Waals surface area contributed by atoms with E-state index in [1.807, 2.05) is 6.07 Å². The molecule has 0 bridgehead atoms. The fourth-order valence-electron chi connectivity index (χ4n) is 3.27. The van der Waals surface area contributed by atoms with Gasteiger partial charge in [0.15, 0.2) is 0 Å². The molecule has 0 aliphatic heterocycles. The van der Waals surface area contributed by atoms with Crippen LogP contribution in [0.3, 0.4) is 0 Å². The number of carbonyl (C=O) groups excluding carboxylic acids is 1. The molecule has 3 aromatic rings. The average molecular weight is 381 g/mol. The van der Waals surface area contributed by atoms with E-state index in [0.717, 1.165) is 32.1 Å². The minimum Gasteiger partial charge on any atom is -0.352 e. The van der Waals surface area contributed by atoms with Crippen molar-refractivity contribution in [3.63, 3.8) is 0 Å². The Balaban J connectivity index is 2.21. The second-order valence-electron chi connectivity index (χ2n) is 6.96. The number of hydrogen-bond acceptors (Lipinski definition) is 4. The van der Waals surface area contributed by atoms with Crippen LogP contribution in [0, 0.1) is 5.41 Å². The Hall–Kier alpha value is -2.96. The Morgan fingerprint density at radius 3 is 2.71 bits per heavy atom. The Labute approximate surface area is 163 Å². The molecule has 0 aliphatic carbocycles. The van der Waals surface area contributed by atoms with E-state index in [-0.39, 0.29) is 22.5 Å². The van der Waals surface area contributed by atoms with Gasteiger partial charge in [-0.15, -0.1) is 0 Å². The number of pyridine rings is 2. The van der Waals surface area contributed by atoms with E-state index < -0.39 is 0 Å². The zero-order valence-corrected chi connectivity index (χ0v) is 16.5. The van der Waals surface area contributed by atoms with Gasteiger partial charge in [-0.3, -0.25) is 19.4 Å². The molecule has 7 heteroatoms. The van der Waals surface area contributed by atoms with Crippen LogP contribution in [0.15, 0.2) is 35.3 Å². The van der Waals surface area contributed by atoms with Crippen LogP contribution in [0.2, 0.25) is 0 Å². The first-order chi connectivity index (χ1) is 13.6. The Morgan fingerprint density at radius 2 is 1.96 bits per heavy atom. The van der Waals surface area contributed by atoms with Gasteiger partial charge in [-0.25, -0.2) is 4.98 Å². The molecule has 0 atom stereocenters. The summed E-state index contributed by atoms with van der Waals surface area (Å²) >= 11 is 0. The van der Waals surface area contributed by atoms with Crippen LogP contribution in [0.1, 0.15) is 56.3 Å². The number of aromatic nitrogens is 3.